The number of hydrogen-bond donors (Lipinski definition) is 2. The maximum absolute atomic E-state index is 13.6. The molecule has 7 heteroatoms. The topological polar surface area (TPSA) is 71.5 Å². The number of hydrogen-bond acceptors (Lipinski definition) is 4. The first-order valence-electron chi connectivity index (χ1n) is 6.37. The zero-order chi connectivity index (χ0) is 14.7. The quantitative estimate of drug-likeness (QED) is 0.884. The van der Waals surface area contributed by atoms with Crippen LogP contribution in [0.25, 0.3) is 0 Å². The molecular formula is C13H16F2N2O3. The third-order valence-corrected chi connectivity index (χ3v) is 3.15. The van der Waals surface area contributed by atoms with Crippen molar-refractivity contribution >= 4 is 11.6 Å². The van der Waals surface area contributed by atoms with Gasteiger partial charge in [-0.2, -0.15) is 0 Å². The van der Waals surface area contributed by atoms with E-state index < -0.39 is 30.6 Å². The van der Waals surface area contributed by atoms with Crippen LogP contribution in [-0.2, 0) is 9.53 Å². The molecule has 3 unspecified atom stereocenters. The Hall–Kier alpha value is -1.60. The van der Waals surface area contributed by atoms with Crippen LogP contribution >= 0.6 is 0 Å². The van der Waals surface area contributed by atoms with E-state index in [-0.39, 0.29) is 17.5 Å². The standard InChI is InChI=1S/C13H16F2N2O3/c1-7-2-3-12(20-7)13(19)17-9-4-10(11(18)5-14)16-6-8(9)15/h4,6-7,11-12,18H,2-3,5H2,1H3,(H,16,17,19). The van der Waals surface area contributed by atoms with Gasteiger partial charge in [0.25, 0.3) is 5.91 Å². The van der Waals surface area contributed by atoms with Gasteiger partial charge in [-0.05, 0) is 25.8 Å². The Bertz CT molecular complexity index is 499. The molecular weight excluding hydrogens is 270 g/mol. The number of carbonyl (C=O) groups excluding carboxylic acids is 1. The summed E-state index contributed by atoms with van der Waals surface area (Å²) in [4.78, 5) is 15.5. The molecule has 1 aliphatic heterocycles. The highest BCUT2D eigenvalue weighted by molar-refractivity contribution is 5.94. The van der Waals surface area contributed by atoms with Crippen LogP contribution in [0.4, 0.5) is 14.5 Å². The van der Waals surface area contributed by atoms with Gasteiger partial charge in [0.1, 0.15) is 18.9 Å². The van der Waals surface area contributed by atoms with Crippen molar-refractivity contribution in [2.45, 2.75) is 38.1 Å². The summed E-state index contributed by atoms with van der Waals surface area (Å²) in [7, 11) is 0. The Morgan fingerprint density at radius 3 is 3.00 bits per heavy atom. The molecule has 2 heterocycles. The van der Waals surface area contributed by atoms with Crippen LogP contribution in [0.15, 0.2) is 12.3 Å². The van der Waals surface area contributed by atoms with Crippen molar-refractivity contribution in [3.05, 3.63) is 23.8 Å². The van der Waals surface area contributed by atoms with Crippen molar-refractivity contribution in [2.24, 2.45) is 0 Å². The molecule has 0 bridgehead atoms. The SMILES string of the molecule is CC1CCC(C(=O)Nc2cc(C(O)CF)ncc2F)O1. The van der Waals surface area contributed by atoms with Gasteiger partial charge in [-0.3, -0.25) is 9.78 Å². The second-order valence-electron chi connectivity index (χ2n) is 4.76. The molecule has 0 aliphatic carbocycles. The van der Waals surface area contributed by atoms with Gasteiger partial charge >= 0.3 is 0 Å². The molecule has 5 nitrogen and oxygen atoms in total. The van der Waals surface area contributed by atoms with Crippen LogP contribution in [0.5, 0.6) is 0 Å². The molecule has 0 aromatic carbocycles. The number of pyridine rings is 1. The summed E-state index contributed by atoms with van der Waals surface area (Å²) in [6.45, 7) is 0.825. The molecule has 2 rings (SSSR count). The predicted octanol–water partition coefficient (Wildman–Crippen LogP) is 1.73. The van der Waals surface area contributed by atoms with Crippen molar-refractivity contribution in [2.75, 3.05) is 12.0 Å². The van der Waals surface area contributed by atoms with Gasteiger partial charge in [0.2, 0.25) is 0 Å². The van der Waals surface area contributed by atoms with Gasteiger partial charge in [0.15, 0.2) is 5.82 Å². The normalized spacial score (nSPS) is 23.6. The predicted molar refractivity (Wildman–Crippen MR) is 67.3 cm³/mol. The molecule has 1 fully saturated rings. The minimum atomic E-state index is -1.44. The van der Waals surface area contributed by atoms with Crippen molar-refractivity contribution in [1.29, 1.82) is 0 Å². The smallest absolute Gasteiger partial charge is 0.253 e. The van der Waals surface area contributed by atoms with Crippen LogP contribution in [0.1, 0.15) is 31.6 Å². The molecule has 1 aliphatic rings. The third-order valence-electron chi connectivity index (χ3n) is 3.15. The highest BCUT2D eigenvalue weighted by atomic mass is 19.1. The largest absolute Gasteiger partial charge is 0.384 e. The van der Waals surface area contributed by atoms with E-state index in [1.54, 1.807) is 0 Å². The number of halogens is 2. The van der Waals surface area contributed by atoms with E-state index in [4.69, 9.17) is 4.74 Å². The van der Waals surface area contributed by atoms with E-state index in [0.29, 0.717) is 6.42 Å². The maximum atomic E-state index is 13.6. The fourth-order valence-electron chi connectivity index (χ4n) is 2.02. The van der Waals surface area contributed by atoms with Crippen molar-refractivity contribution in [3.8, 4) is 0 Å². The summed E-state index contributed by atoms with van der Waals surface area (Å²) in [5.41, 5.74) is -0.180. The number of aromatic nitrogens is 1. The number of anilines is 1. The van der Waals surface area contributed by atoms with Crippen LogP contribution < -0.4 is 5.32 Å². The zero-order valence-electron chi connectivity index (χ0n) is 11.0. The fourth-order valence-corrected chi connectivity index (χ4v) is 2.02. The first-order chi connectivity index (χ1) is 9.51. The fraction of sp³-hybridized carbons (Fsp3) is 0.538. The minimum absolute atomic E-state index is 0.00282. The summed E-state index contributed by atoms with van der Waals surface area (Å²) in [5.74, 6) is -1.21. The molecule has 1 amide bonds. The number of aliphatic hydroxyl groups excluding tert-OH is 1. The van der Waals surface area contributed by atoms with E-state index in [9.17, 15) is 18.7 Å². The van der Waals surface area contributed by atoms with Gasteiger partial charge in [0, 0.05) is 0 Å². The van der Waals surface area contributed by atoms with Gasteiger partial charge < -0.3 is 15.2 Å². The molecule has 20 heavy (non-hydrogen) atoms. The summed E-state index contributed by atoms with van der Waals surface area (Å²) in [5, 5.41) is 11.7. The van der Waals surface area contributed by atoms with Crippen molar-refractivity contribution in [3.63, 3.8) is 0 Å². The number of nitrogens with one attached hydrogen (secondary N) is 1. The second-order valence-corrected chi connectivity index (χ2v) is 4.76. The summed E-state index contributed by atoms with van der Waals surface area (Å²) >= 11 is 0. The van der Waals surface area contributed by atoms with Gasteiger partial charge in [-0.1, -0.05) is 0 Å². The first-order valence-corrected chi connectivity index (χ1v) is 6.37. The van der Waals surface area contributed by atoms with E-state index in [1.807, 2.05) is 6.92 Å². The number of carbonyl (C=O) groups is 1. The number of nitrogens with zero attached hydrogens (tertiary/aromatic N) is 1. The number of alkyl halides is 1. The van der Waals surface area contributed by atoms with Crippen LogP contribution in [0, 0.1) is 5.82 Å². The van der Waals surface area contributed by atoms with Gasteiger partial charge in [-0.25, -0.2) is 8.78 Å². The Labute approximate surface area is 115 Å². The van der Waals surface area contributed by atoms with Crippen LogP contribution in [0.2, 0.25) is 0 Å². The molecule has 0 spiro atoms. The molecule has 1 aromatic heterocycles. The Balaban J connectivity index is 2.10. The van der Waals surface area contributed by atoms with E-state index in [0.717, 1.165) is 18.7 Å². The Kier molecular flexibility index (Phi) is 4.61. The van der Waals surface area contributed by atoms with Crippen molar-refractivity contribution in [1.82, 2.24) is 4.98 Å². The molecule has 0 radical (unpaired) electrons. The monoisotopic (exact) mass is 286 g/mol. The summed E-state index contributed by atoms with van der Waals surface area (Å²) in [6.07, 6.45) is 0.114. The lowest BCUT2D eigenvalue weighted by molar-refractivity contribution is -0.126. The minimum Gasteiger partial charge on any atom is -0.384 e. The average Bonchev–Trinajstić information content (AvgIpc) is 2.87. The molecule has 110 valence electrons. The maximum Gasteiger partial charge on any atom is 0.253 e. The third kappa shape index (κ3) is 3.29. The van der Waals surface area contributed by atoms with Crippen molar-refractivity contribution < 1.29 is 23.4 Å². The Morgan fingerprint density at radius 2 is 2.40 bits per heavy atom. The molecule has 3 atom stereocenters. The average molecular weight is 286 g/mol. The number of ether oxygens (including phenoxy) is 1. The second kappa shape index (κ2) is 6.23. The highest BCUT2D eigenvalue weighted by Crippen LogP contribution is 2.23. The lowest BCUT2D eigenvalue weighted by Gasteiger charge is -2.13. The van der Waals surface area contributed by atoms with E-state index in [1.165, 1.54) is 0 Å². The highest BCUT2D eigenvalue weighted by Gasteiger charge is 2.28. The molecule has 1 aromatic rings. The number of aliphatic hydroxyl groups is 1. The van der Waals surface area contributed by atoms with E-state index >= 15 is 0 Å². The number of amides is 1. The van der Waals surface area contributed by atoms with E-state index in [2.05, 4.69) is 10.3 Å². The first kappa shape index (κ1) is 14.8. The summed E-state index contributed by atoms with van der Waals surface area (Å²) < 4.78 is 31.3. The van der Waals surface area contributed by atoms with Gasteiger partial charge in [0.05, 0.1) is 23.7 Å². The summed E-state index contributed by atoms with van der Waals surface area (Å²) in [6, 6.07) is 1.12. The molecule has 1 saturated heterocycles. The van der Waals surface area contributed by atoms with Gasteiger partial charge in [-0.15, -0.1) is 0 Å². The Morgan fingerprint density at radius 1 is 1.65 bits per heavy atom. The molecule has 2 N–H and O–H groups in total. The van der Waals surface area contributed by atoms with Crippen LogP contribution in [-0.4, -0.2) is 34.9 Å². The zero-order valence-corrected chi connectivity index (χ0v) is 11.0. The number of rotatable bonds is 4. The molecule has 0 saturated carbocycles. The van der Waals surface area contributed by atoms with Crippen LogP contribution in [0.3, 0.4) is 0 Å². The lowest BCUT2D eigenvalue weighted by Crippen LogP contribution is -2.28. The lowest BCUT2D eigenvalue weighted by atomic mass is 10.2.